The second-order valence-electron chi connectivity index (χ2n) is 15.1. The summed E-state index contributed by atoms with van der Waals surface area (Å²) in [4.78, 5) is 0. The van der Waals surface area contributed by atoms with Gasteiger partial charge in [-0.05, 0) is 124 Å². The second-order valence-corrected chi connectivity index (χ2v) is 16.1. The summed E-state index contributed by atoms with van der Waals surface area (Å²) in [5.74, 6) is 4.12. The van der Waals surface area contributed by atoms with Crippen molar-refractivity contribution in [3.63, 3.8) is 0 Å². The maximum absolute atomic E-state index is 12.5. The van der Waals surface area contributed by atoms with Crippen molar-refractivity contribution < 1.29 is 19.1 Å². The molecular weight excluding hydrogens is 663 g/mol. The van der Waals surface area contributed by atoms with Crippen LogP contribution < -0.4 is 0 Å². The van der Waals surface area contributed by atoms with Gasteiger partial charge in [0, 0.05) is 22.3 Å². The van der Waals surface area contributed by atoms with Crippen molar-refractivity contribution >= 4 is 11.4 Å². The quantitative estimate of drug-likeness (QED) is 0.0521. The first-order valence-corrected chi connectivity index (χ1v) is 23.3. The molecule has 2 aromatic carbocycles. The minimum atomic E-state index is 1.03. The summed E-state index contributed by atoms with van der Waals surface area (Å²) in [6, 6.07) is 14.6. The third kappa shape index (κ3) is 15.9. The van der Waals surface area contributed by atoms with Gasteiger partial charge in [-0.3, -0.25) is 0 Å². The van der Waals surface area contributed by atoms with E-state index in [1.807, 2.05) is 0 Å². The topological polar surface area (TPSA) is 25.3 Å². The van der Waals surface area contributed by atoms with E-state index in [4.69, 9.17) is 0 Å². The van der Waals surface area contributed by atoms with E-state index in [0.29, 0.717) is 0 Å². The van der Waals surface area contributed by atoms with E-state index in [-0.39, 0.29) is 0 Å². The Morgan fingerprint density at radius 2 is 0.667 bits per heavy atom. The molecule has 290 valence electrons. The fraction of sp³-hybridized carbons (Fsp3) is 0.667. The summed E-state index contributed by atoms with van der Waals surface area (Å²) in [6.07, 6.45) is 28.9. The molecule has 0 bridgehead atoms. The number of unbranched alkanes of at least 4 members (excludes halogenated alkanes) is 12. The standard InChI is InChI=1S/C46H72N2.2CH3.Ni/c1-7-13-19-20-21-24-30-44-43(29-18-12-6)45(42-35-39(27-22-14-8-2)32-40(36-42)28-23-15-9-3)48(47)46(44)41-33-37(25-16-10-4)31-38(34-41)26-17-11-5;;;/h31-36H,7-30H2,1-6H3;2*1H3;. The Morgan fingerprint density at radius 3 is 1.06 bits per heavy atom. The molecule has 0 aliphatic carbocycles. The van der Waals surface area contributed by atoms with Crippen molar-refractivity contribution in [2.45, 2.75) is 207 Å². The zero-order chi connectivity index (χ0) is 37.3. The Kier molecular flexibility index (Phi) is 24.4. The number of aryl methyl sites for hydroxylation is 4. The zero-order valence-corrected chi connectivity index (χ0v) is 35.6. The van der Waals surface area contributed by atoms with Gasteiger partial charge >= 0.3 is 26.2 Å². The second kappa shape index (κ2) is 27.6. The van der Waals surface area contributed by atoms with Gasteiger partial charge in [-0.15, -0.1) is 0 Å². The molecular formula is C48H78N2Ni. The molecule has 0 spiro atoms. The summed E-state index contributed by atoms with van der Waals surface area (Å²) < 4.78 is 1.67. The van der Waals surface area contributed by atoms with Gasteiger partial charge in [-0.2, -0.15) is 0 Å². The van der Waals surface area contributed by atoms with Crippen LogP contribution in [0.2, 0.25) is 11.8 Å². The molecule has 0 unspecified atom stereocenters. The van der Waals surface area contributed by atoms with Crippen LogP contribution in [0.15, 0.2) is 47.5 Å². The van der Waals surface area contributed by atoms with E-state index in [0.717, 1.165) is 62.8 Å². The first kappa shape index (κ1) is 45.2. The number of rotatable bonds is 26. The number of benzene rings is 2. The number of allylic oxidation sites excluding steroid dienone is 2. The summed E-state index contributed by atoms with van der Waals surface area (Å²) in [5, 5.41) is 0. The first-order chi connectivity index (χ1) is 24.9. The molecule has 0 saturated heterocycles. The summed E-state index contributed by atoms with van der Waals surface area (Å²) in [6.45, 7) is 13.8. The maximum atomic E-state index is 12.5. The number of hydrogen-bond acceptors (Lipinski definition) is 0. The van der Waals surface area contributed by atoms with Gasteiger partial charge in [-0.25, -0.2) is 4.70 Å². The van der Waals surface area contributed by atoms with E-state index in [1.165, 1.54) is 147 Å². The number of nitrogens with zero attached hydrogens (tertiary/aromatic N) is 2. The predicted molar refractivity (Wildman–Crippen MR) is 223 cm³/mol. The van der Waals surface area contributed by atoms with Crippen LogP contribution in [0.4, 0.5) is 0 Å². The van der Waals surface area contributed by atoms with Crippen LogP contribution in [0.5, 0.6) is 0 Å². The predicted octanol–water partition coefficient (Wildman–Crippen LogP) is 16.1. The van der Waals surface area contributed by atoms with Crippen LogP contribution in [0.1, 0.15) is 203 Å². The van der Waals surface area contributed by atoms with Crippen LogP contribution >= 0.6 is 0 Å². The molecule has 1 heterocycles. The van der Waals surface area contributed by atoms with Gasteiger partial charge < -0.3 is 5.53 Å². The van der Waals surface area contributed by atoms with Gasteiger partial charge in [0.25, 0.3) is 0 Å². The molecule has 3 rings (SSSR count). The van der Waals surface area contributed by atoms with Gasteiger partial charge in [0.05, 0.1) is 0 Å². The summed E-state index contributed by atoms with van der Waals surface area (Å²) >= 11 is 1.62. The van der Waals surface area contributed by atoms with Crippen LogP contribution in [0, 0.1) is 0 Å². The molecule has 51 heavy (non-hydrogen) atoms. The summed E-state index contributed by atoms with van der Waals surface area (Å²) in [5.41, 5.74) is 25.7. The van der Waals surface area contributed by atoms with Crippen molar-refractivity contribution in [3.8, 4) is 0 Å². The Hall–Kier alpha value is -1.99. The van der Waals surface area contributed by atoms with Gasteiger partial charge in [0.1, 0.15) is 0 Å². The molecule has 0 atom stereocenters. The summed E-state index contributed by atoms with van der Waals surface area (Å²) in [7, 11) is 0. The Bertz CT molecular complexity index is 1280. The van der Waals surface area contributed by atoms with E-state index in [2.05, 4.69) is 89.7 Å². The molecule has 1 aliphatic rings. The van der Waals surface area contributed by atoms with Gasteiger partial charge in [0.15, 0.2) is 0 Å². The first-order valence-electron chi connectivity index (χ1n) is 21.4. The molecule has 2 aromatic rings. The molecule has 0 saturated carbocycles. The van der Waals surface area contributed by atoms with Crippen LogP contribution in [-0.4, -0.2) is 4.70 Å². The molecule has 0 N–H and O–H groups in total. The third-order valence-electron chi connectivity index (χ3n) is 10.3. The SMILES string of the molecule is CCCCCCCCC1=C(c2cc(CCCC)cc(CCCC)c2)[N+](=[N-])C(c2cc(CCCCC)cc(CCCCC)c2)=C1CCCC.[CH3][Ni][CH3]. The number of hydrogen-bond donors (Lipinski definition) is 0. The molecule has 0 amide bonds. The van der Waals surface area contributed by atoms with Gasteiger partial charge in [-0.1, -0.05) is 131 Å². The molecule has 2 nitrogen and oxygen atoms in total. The van der Waals surface area contributed by atoms with Crippen LogP contribution in [0.3, 0.4) is 0 Å². The Labute approximate surface area is 323 Å². The minimum absolute atomic E-state index is 1.03. The fourth-order valence-electron chi connectivity index (χ4n) is 7.52. The zero-order valence-electron chi connectivity index (χ0n) is 34.6. The van der Waals surface area contributed by atoms with Crippen LogP contribution in [-0.2, 0) is 40.1 Å². The van der Waals surface area contributed by atoms with E-state index in [1.54, 1.807) is 19.1 Å². The van der Waals surface area contributed by atoms with Crippen molar-refractivity contribution in [1.82, 2.24) is 0 Å². The van der Waals surface area contributed by atoms with E-state index < -0.39 is 0 Å². The van der Waals surface area contributed by atoms with Crippen molar-refractivity contribution in [3.05, 3.63) is 86.5 Å². The monoisotopic (exact) mass is 741 g/mol. The van der Waals surface area contributed by atoms with Crippen molar-refractivity contribution in [1.29, 1.82) is 0 Å². The molecule has 0 fully saturated rings. The Balaban J connectivity index is 0.00000290. The van der Waals surface area contributed by atoms with Crippen molar-refractivity contribution in [2.24, 2.45) is 0 Å². The average Bonchev–Trinajstić information content (AvgIpc) is 3.41. The van der Waals surface area contributed by atoms with Crippen molar-refractivity contribution in [2.75, 3.05) is 0 Å². The third-order valence-corrected chi connectivity index (χ3v) is 10.3. The molecule has 3 heteroatoms. The van der Waals surface area contributed by atoms with Gasteiger partial charge in [0.2, 0.25) is 11.4 Å². The molecule has 0 aromatic heterocycles. The van der Waals surface area contributed by atoms with E-state index in [9.17, 15) is 5.53 Å². The fourth-order valence-corrected chi connectivity index (χ4v) is 7.52. The normalized spacial score (nSPS) is 13.1. The van der Waals surface area contributed by atoms with E-state index >= 15 is 0 Å². The Morgan fingerprint density at radius 1 is 0.392 bits per heavy atom. The average molecular weight is 742 g/mol. The molecule has 0 radical (unpaired) electrons. The molecule has 1 aliphatic heterocycles. The van der Waals surface area contributed by atoms with Crippen LogP contribution in [0.25, 0.3) is 16.9 Å².